The average Bonchev–Trinajstić information content (AvgIpc) is 3.29. The first-order valence-electron chi connectivity index (χ1n) is 8.28. The Hall–Kier alpha value is -2.76. The summed E-state index contributed by atoms with van der Waals surface area (Å²) in [4.78, 5) is 16.4. The van der Waals surface area contributed by atoms with Gasteiger partial charge in [-0.25, -0.2) is 14.5 Å². The molecule has 0 bridgehead atoms. The van der Waals surface area contributed by atoms with Gasteiger partial charge in [-0.3, -0.25) is 4.52 Å². The molecule has 4 rings (SSSR count). The number of aryl methyl sites for hydroxylation is 1. The number of nitrogens with one attached hydrogen (secondary N) is 2. The van der Waals surface area contributed by atoms with E-state index in [4.69, 9.17) is 4.52 Å². The highest BCUT2D eigenvalue weighted by Gasteiger charge is 2.37. The topological polar surface area (TPSA) is 109 Å². The fourth-order valence-electron chi connectivity index (χ4n) is 2.59. The lowest BCUT2D eigenvalue weighted by atomic mass is 10.2. The molecule has 0 aliphatic rings. The Morgan fingerprint density at radius 2 is 1.83 bits per heavy atom. The summed E-state index contributed by atoms with van der Waals surface area (Å²) in [5, 5.41) is 3.63. The summed E-state index contributed by atoms with van der Waals surface area (Å²) in [5.74, 6) is 0. The summed E-state index contributed by atoms with van der Waals surface area (Å²) < 4.78 is 34.9. The minimum Gasteiger partial charge on any atom is -0.281 e. The molecule has 2 aromatic heterocycles. The Balaban J connectivity index is 1.67. The zero-order valence-corrected chi connectivity index (χ0v) is 18.1. The van der Waals surface area contributed by atoms with Crippen LogP contribution in [-0.4, -0.2) is 18.7 Å². The first-order valence-corrected chi connectivity index (χ1v) is 11.4. The van der Waals surface area contributed by atoms with Crippen LogP contribution in [0.4, 0.5) is 5.13 Å². The van der Waals surface area contributed by atoms with Crippen molar-refractivity contribution in [2.24, 2.45) is 0 Å². The van der Waals surface area contributed by atoms with Gasteiger partial charge in [0.25, 0.3) is 0 Å². The standard InChI is InChI=1S/C18H13BrN4O4S2/c1-11-2-8-14(9-3-11)23-16(17(24)27-22-23)29(25,26)21-18-20-15(10-28-18)12-4-6-13(19)7-5-12/h2-10H,1H3,(H-,20,21,22,24)/p+1. The van der Waals surface area contributed by atoms with Crippen molar-refractivity contribution in [3.63, 3.8) is 0 Å². The van der Waals surface area contributed by atoms with Gasteiger partial charge in [-0.15, -0.1) is 11.3 Å². The van der Waals surface area contributed by atoms with Gasteiger partial charge in [0.15, 0.2) is 5.13 Å². The lowest BCUT2D eigenvalue weighted by Gasteiger charge is -2.00. The minimum atomic E-state index is -4.25. The van der Waals surface area contributed by atoms with Crippen LogP contribution in [0.2, 0.25) is 0 Å². The van der Waals surface area contributed by atoms with Crippen molar-refractivity contribution in [2.45, 2.75) is 11.9 Å². The fraction of sp³-hybridized carbons (Fsp3) is 0.0556. The molecule has 0 amide bonds. The van der Waals surface area contributed by atoms with Crippen LogP contribution in [0, 0.1) is 6.92 Å². The second-order valence-corrected chi connectivity index (χ2v) is 9.48. The van der Waals surface area contributed by atoms with Crippen LogP contribution < -0.4 is 15.0 Å². The third-order valence-electron chi connectivity index (χ3n) is 4.02. The normalized spacial score (nSPS) is 11.5. The van der Waals surface area contributed by atoms with Crippen LogP contribution in [0.25, 0.3) is 16.9 Å². The summed E-state index contributed by atoms with van der Waals surface area (Å²) in [6.07, 6.45) is 0. The van der Waals surface area contributed by atoms with E-state index in [1.54, 1.807) is 29.6 Å². The van der Waals surface area contributed by atoms with Gasteiger partial charge in [0, 0.05) is 27.5 Å². The molecular weight excluding hydrogens is 480 g/mol. The van der Waals surface area contributed by atoms with E-state index in [0.717, 1.165) is 31.6 Å². The molecule has 2 heterocycles. The Morgan fingerprint density at radius 3 is 2.52 bits per heavy atom. The first-order chi connectivity index (χ1) is 13.8. The van der Waals surface area contributed by atoms with Crippen LogP contribution in [0.3, 0.4) is 0 Å². The molecule has 0 fully saturated rings. The lowest BCUT2D eigenvalue weighted by molar-refractivity contribution is -0.705. The van der Waals surface area contributed by atoms with E-state index < -0.39 is 20.7 Å². The van der Waals surface area contributed by atoms with Crippen LogP contribution in [0.1, 0.15) is 5.56 Å². The van der Waals surface area contributed by atoms with Gasteiger partial charge in [0.05, 0.1) is 5.69 Å². The monoisotopic (exact) mass is 493 g/mol. The molecule has 0 aliphatic carbocycles. The third-order valence-corrected chi connectivity index (χ3v) is 6.76. The number of rotatable bonds is 5. The summed E-state index contributed by atoms with van der Waals surface area (Å²) >= 11 is 4.49. The van der Waals surface area contributed by atoms with Crippen molar-refractivity contribution in [1.82, 2.24) is 10.3 Å². The van der Waals surface area contributed by atoms with Crippen LogP contribution in [0.5, 0.6) is 0 Å². The number of hydrogen-bond donors (Lipinski definition) is 2. The Morgan fingerprint density at radius 1 is 1.14 bits per heavy atom. The highest BCUT2D eigenvalue weighted by molar-refractivity contribution is 9.10. The smallest absolute Gasteiger partial charge is 0.281 e. The first kappa shape index (κ1) is 19.6. The van der Waals surface area contributed by atoms with Crippen LogP contribution in [0.15, 0.2) is 72.7 Å². The van der Waals surface area contributed by atoms with Gasteiger partial charge in [0.2, 0.25) is 5.69 Å². The number of aromatic nitrogens is 3. The molecule has 0 spiro atoms. The van der Waals surface area contributed by atoms with Crippen LogP contribution >= 0.6 is 27.3 Å². The minimum absolute atomic E-state index is 0.138. The highest BCUT2D eigenvalue weighted by Crippen LogP contribution is 2.27. The number of anilines is 1. The Labute approximate surface area is 178 Å². The average molecular weight is 494 g/mol. The molecule has 0 atom stereocenters. The van der Waals surface area contributed by atoms with Crippen molar-refractivity contribution in [3.05, 3.63) is 74.4 Å². The number of sulfonamides is 1. The van der Waals surface area contributed by atoms with Crippen molar-refractivity contribution in [1.29, 1.82) is 0 Å². The molecule has 8 nitrogen and oxygen atoms in total. The second kappa shape index (κ2) is 7.58. The molecular formula is C18H14BrN4O4S2+. The molecule has 4 aromatic rings. The summed E-state index contributed by atoms with van der Waals surface area (Å²) in [6.45, 7) is 1.90. The SMILES string of the molecule is Cc1ccc(-[n+]2[nH]oc(=O)c2S(=O)(=O)Nc2nc(-c3ccc(Br)cc3)cs2)cc1. The molecule has 2 N–H and O–H groups in total. The number of benzene rings is 2. The number of hydrogen-bond acceptors (Lipinski definition) is 6. The van der Waals surface area contributed by atoms with E-state index in [-0.39, 0.29) is 5.13 Å². The third kappa shape index (κ3) is 4.02. The quantitative estimate of drug-likeness (QED) is 0.414. The van der Waals surface area contributed by atoms with E-state index in [0.29, 0.717) is 11.4 Å². The van der Waals surface area contributed by atoms with E-state index in [9.17, 15) is 13.2 Å². The predicted molar refractivity (Wildman–Crippen MR) is 112 cm³/mol. The lowest BCUT2D eigenvalue weighted by Crippen LogP contribution is -2.42. The molecule has 29 heavy (non-hydrogen) atoms. The number of H-pyrrole nitrogens is 1. The van der Waals surface area contributed by atoms with Crippen molar-refractivity contribution in [2.75, 3.05) is 4.72 Å². The number of halogens is 1. The van der Waals surface area contributed by atoms with Gasteiger partial charge in [-0.05, 0) is 29.0 Å². The maximum atomic E-state index is 12.9. The summed E-state index contributed by atoms with van der Waals surface area (Å²) in [7, 11) is -4.25. The molecule has 0 radical (unpaired) electrons. The van der Waals surface area contributed by atoms with Gasteiger partial charge < -0.3 is 0 Å². The Bertz CT molecular complexity index is 1320. The molecule has 0 unspecified atom stereocenters. The molecule has 0 saturated heterocycles. The molecule has 0 aliphatic heterocycles. The summed E-state index contributed by atoms with van der Waals surface area (Å²) in [5.41, 5.74) is 1.88. The van der Waals surface area contributed by atoms with Gasteiger partial charge in [-0.2, -0.15) is 8.42 Å². The predicted octanol–water partition coefficient (Wildman–Crippen LogP) is 3.24. The van der Waals surface area contributed by atoms with Crippen molar-refractivity contribution in [3.8, 4) is 16.9 Å². The maximum absolute atomic E-state index is 12.9. The zero-order valence-electron chi connectivity index (χ0n) is 14.9. The molecule has 11 heteroatoms. The van der Waals surface area contributed by atoms with Crippen molar-refractivity contribution < 1.29 is 17.6 Å². The van der Waals surface area contributed by atoms with Gasteiger partial charge in [0.1, 0.15) is 0 Å². The fourth-order valence-corrected chi connectivity index (χ4v) is 4.96. The molecule has 0 saturated carbocycles. The second-order valence-electron chi connectivity index (χ2n) is 6.11. The number of nitrogens with zero attached hydrogens (tertiary/aromatic N) is 2. The van der Waals surface area contributed by atoms with E-state index in [1.807, 2.05) is 31.2 Å². The summed E-state index contributed by atoms with van der Waals surface area (Å²) in [6, 6.07) is 14.4. The zero-order chi connectivity index (χ0) is 20.6. The highest BCUT2D eigenvalue weighted by atomic mass is 79.9. The molecule has 2 aromatic carbocycles. The maximum Gasteiger partial charge on any atom is 0.449 e. The largest absolute Gasteiger partial charge is 0.449 e. The van der Waals surface area contributed by atoms with Gasteiger partial charge >= 0.3 is 20.7 Å². The van der Waals surface area contributed by atoms with E-state index in [2.05, 4.69) is 30.9 Å². The van der Waals surface area contributed by atoms with E-state index >= 15 is 0 Å². The number of thiazole rings is 1. The van der Waals surface area contributed by atoms with Crippen LogP contribution in [-0.2, 0) is 10.0 Å². The molecule has 148 valence electrons. The number of aromatic amines is 1. The van der Waals surface area contributed by atoms with E-state index in [1.165, 1.54) is 0 Å². The van der Waals surface area contributed by atoms with Gasteiger partial charge in [-0.1, -0.05) is 45.8 Å². The Kier molecular flexibility index (Phi) is 5.11. The van der Waals surface area contributed by atoms with Crippen molar-refractivity contribution >= 4 is 42.4 Å².